The van der Waals surface area contributed by atoms with Crippen LogP contribution < -0.4 is 4.74 Å². The summed E-state index contributed by atoms with van der Waals surface area (Å²) in [5.41, 5.74) is 0.429. The zero-order valence-electron chi connectivity index (χ0n) is 8.59. The van der Waals surface area contributed by atoms with Crippen LogP contribution in [0.25, 0.3) is 0 Å². The molecule has 0 saturated carbocycles. The Labute approximate surface area is 110 Å². The van der Waals surface area contributed by atoms with Crippen molar-refractivity contribution in [1.82, 2.24) is 4.98 Å². The van der Waals surface area contributed by atoms with Crippen LogP contribution >= 0.6 is 27.3 Å². The first-order valence-electron chi connectivity index (χ1n) is 4.73. The molecule has 1 N–H and O–H groups in total. The van der Waals surface area contributed by atoms with Crippen molar-refractivity contribution in [2.75, 3.05) is 0 Å². The van der Waals surface area contributed by atoms with E-state index < -0.39 is 5.97 Å². The van der Waals surface area contributed by atoms with Gasteiger partial charge in [-0.3, -0.25) is 0 Å². The van der Waals surface area contributed by atoms with Gasteiger partial charge in [-0.25, -0.2) is 9.78 Å². The van der Waals surface area contributed by atoms with Gasteiger partial charge in [0.25, 0.3) is 0 Å². The van der Waals surface area contributed by atoms with E-state index in [1.54, 1.807) is 0 Å². The molecule has 0 saturated heterocycles. The number of benzene rings is 1. The molecule has 4 nitrogen and oxygen atoms in total. The highest BCUT2D eigenvalue weighted by atomic mass is 79.9. The molecule has 88 valence electrons. The summed E-state index contributed by atoms with van der Waals surface area (Å²) in [5.74, 6) is -0.298. The smallest absolute Gasteiger partial charge is 0.347 e. The van der Waals surface area contributed by atoms with E-state index in [9.17, 15) is 4.79 Å². The molecule has 17 heavy (non-hydrogen) atoms. The monoisotopic (exact) mass is 313 g/mol. The Bertz CT molecular complexity index is 527. The quantitative estimate of drug-likeness (QED) is 0.941. The Kier molecular flexibility index (Phi) is 3.75. The van der Waals surface area contributed by atoms with Crippen molar-refractivity contribution in [3.05, 3.63) is 44.8 Å². The molecule has 1 aromatic heterocycles. The molecular formula is C11H8BrNO3S. The van der Waals surface area contributed by atoms with E-state index in [-0.39, 0.29) is 11.5 Å². The molecule has 0 unspecified atom stereocenters. The zero-order valence-corrected chi connectivity index (χ0v) is 11.0. The molecule has 1 heterocycles. The van der Waals surface area contributed by atoms with Crippen LogP contribution in [0.2, 0.25) is 0 Å². The maximum absolute atomic E-state index is 10.9. The highest BCUT2D eigenvalue weighted by Gasteiger charge is 2.16. The van der Waals surface area contributed by atoms with Crippen LogP contribution in [-0.4, -0.2) is 16.1 Å². The van der Waals surface area contributed by atoms with Crippen molar-refractivity contribution in [3.63, 3.8) is 0 Å². The van der Waals surface area contributed by atoms with Crippen LogP contribution in [0, 0.1) is 0 Å². The molecule has 0 aliphatic heterocycles. The van der Waals surface area contributed by atoms with E-state index in [2.05, 4.69) is 20.9 Å². The number of hydrogen-bond acceptors (Lipinski definition) is 4. The number of hydrogen-bond donors (Lipinski definition) is 1. The highest BCUT2D eigenvalue weighted by molar-refractivity contribution is 9.11. The van der Waals surface area contributed by atoms with Gasteiger partial charge in [0, 0.05) is 0 Å². The van der Waals surface area contributed by atoms with Crippen molar-refractivity contribution in [2.45, 2.75) is 6.61 Å². The average Bonchev–Trinajstić information content (AvgIpc) is 2.69. The van der Waals surface area contributed by atoms with Crippen molar-refractivity contribution in [3.8, 4) is 5.75 Å². The molecule has 2 aromatic rings. The largest absolute Gasteiger partial charge is 0.487 e. The molecule has 0 aliphatic carbocycles. The lowest BCUT2D eigenvalue weighted by atomic mass is 10.3. The van der Waals surface area contributed by atoms with E-state index in [1.165, 1.54) is 0 Å². The molecule has 1 aromatic carbocycles. The van der Waals surface area contributed by atoms with Crippen LogP contribution in [0.1, 0.15) is 15.4 Å². The second-order valence-corrected chi connectivity index (χ2v) is 5.42. The molecule has 2 rings (SSSR count). The summed E-state index contributed by atoms with van der Waals surface area (Å²) >= 11 is 4.25. The van der Waals surface area contributed by atoms with Crippen molar-refractivity contribution >= 4 is 33.2 Å². The number of aromatic nitrogens is 1. The zero-order chi connectivity index (χ0) is 12.3. The molecule has 0 amide bonds. The predicted molar refractivity (Wildman–Crippen MR) is 67.5 cm³/mol. The van der Waals surface area contributed by atoms with E-state index in [0.717, 1.165) is 11.3 Å². The number of thiazole rings is 1. The van der Waals surface area contributed by atoms with Gasteiger partial charge in [-0.1, -0.05) is 29.5 Å². The third-order valence-electron chi connectivity index (χ3n) is 1.98. The topological polar surface area (TPSA) is 59.4 Å². The van der Waals surface area contributed by atoms with E-state index >= 15 is 0 Å². The van der Waals surface area contributed by atoms with E-state index in [4.69, 9.17) is 9.84 Å². The van der Waals surface area contributed by atoms with Gasteiger partial charge in [-0.15, -0.1) is 0 Å². The van der Waals surface area contributed by atoms with E-state index in [0.29, 0.717) is 15.4 Å². The van der Waals surface area contributed by atoms with E-state index in [1.807, 2.05) is 30.3 Å². The molecular weight excluding hydrogens is 306 g/mol. The fourth-order valence-corrected chi connectivity index (χ4v) is 2.59. The minimum absolute atomic E-state index is 0.147. The summed E-state index contributed by atoms with van der Waals surface area (Å²) in [6.45, 7) is 0.147. The number of carboxylic acid groups (broad SMARTS) is 1. The summed E-state index contributed by atoms with van der Waals surface area (Å²) < 4.78 is 6.00. The van der Waals surface area contributed by atoms with Gasteiger partial charge in [0.1, 0.15) is 22.9 Å². The Balaban J connectivity index is 2.11. The molecule has 6 heteroatoms. The molecule has 0 atom stereocenters. The maximum Gasteiger partial charge on any atom is 0.347 e. The van der Waals surface area contributed by atoms with Crippen LogP contribution in [0.4, 0.5) is 0 Å². The highest BCUT2D eigenvalue weighted by Crippen LogP contribution is 2.24. The molecule has 0 fully saturated rings. The number of ether oxygens (including phenoxy) is 1. The Morgan fingerprint density at radius 2 is 2.12 bits per heavy atom. The Morgan fingerprint density at radius 3 is 2.76 bits per heavy atom. The van der Waals surface area contributed by atoms with Gasteiger partial charge in [-0.2, -0.15) is 0 Å². The minimum atomic E-state index is -0.986. The van der Waals surface area contributed by atoms with Crippen molar-refractivity contribution in [2.24, 2.45) is 0 Å². The second kappa shape index (κ2) is 5.29. The third kappa shape index (κ3) is 3.04. The maximum atomic E-state index is 10.9. The summed E-state index contributed by atoms with van der Waals surface area (Å²) in [5, 5.41) is 8.97. The van der Waals surface area contributed by atoms with Gasteiger partial charge >= 0.3 is 5.97 Å². The number of para-hydroxylation sites is 1. The van der Waals surface area contributed by atoms with Gasteiger partial charge < -0.3 is 9.84 Å². The Morgan fingerprint density at radius 1 is 1.41 bits per heavy atom. The third-order valence-corrected chi connectivity index (χ3v) is 3.52. The van der Waals surface area contributed by atoms with Crippen molar-refractivity contribution in [1.29, 1.82) is 0 Å². The number of carboxylic acids is 1. The van der Waals surface area contributed by atoms with Crippen LogP contribution in [0.15, 0.2) is 34.2 Å². The number of carbonyl (C=O) groups is 1. The fraction of sp³-hybridized carbons (Fsp3) is 0.0909. The van der Waals surface area contributed by atoms with Gasteiger partial charge in [-0.05, 0) is 28.1 Å². The first-order chi connectivity index (χ1) is 8.16. The van der Waals surface area contributed by atoms with Crippen LogP contribution in [0.3, 0.4) is 0 Å². The number of rotatable bonds is 4. The Hall–Kier alpha value is -1.40. The SMILES string of the molecule is O=C(O)c1sc(Br)nc1COc1ccccc1. The first kappa shape index (κ1) is 12.1. The average molecular weight is 314 g/mol. The molecule has 0 bridgehead atoms. The first-order valence-corrected chi connectivity index (χ1v) is 6.34. The lowest BCUT2D eigenvalue weighted by Crippen LogP contribution is -2.03. The fourth-order valence-electron chi connectivity index (χ4n) is 1.26. The minimum Gasteiger partial charge on any atom is -0.487 e. The van der Waals surface area contributed by atoms with Crippen LogP contribution in [-0.2, 0) is 6.61 Å². The summed E-state index contributed by atoms with van der Waals surface area (Å²) in [7, 11) is 0. The normalized spacial score (nSPS) is 10.2. The molecule has 0 aliphatic rings. The molecule has 0 radical (unpaired) electrons. The standard InChI is InChI=1S/C11H8BrNO3S/c12-11-13-8(9(17-11)10(14)15)6-16-7-4-2-1-3-5-7/h1-5H,6H2,(H,14,15). The lowest BCUT2D eigenvalue weighted by molar-refractivity contribution is 0.0699. The van der Waals surface area contributed by atoms with Gasteiger partial charge in [0.2, 0.25) is 0 Å². The predicted octanol–water partition coefficient (Wildman–Crippen LogP) is 3.18. The van der Waals surface area contributed by atoms with Crippen molar-refractivity contribution < 1.29 is 14.6 Å². The van der Waals surface area contributed by atoms with Gasteiger partial charge in [0.15, 0.2) is 3.92 Å². The number of aromatic carboxylic acids is 1. The summed E-state index contributed by atoms with van der Waals surface area (Å²) in [6.07, 6.45) is 0. The summed E-state index contributed by atoms with van der Waals surface area (Å²) in [4.78, 5) is 15.2. The lowest BCUT2D eigenvalue weighted by Gasteiger charge is -2.03. The second-order valence-electron chi connectivity index (χ2n) is 3.15. The van der Waals surface area contributed by atoms with Crippen LogP contribution in [0.5, 0.6) is 5.75 Å². The molecule has 0 spiro atoms. The summed E-state index contributed by atoms with van der Waals surface area (Å²) in [6, 6.07) is 9.20. The van der Waals surface area contributed by atoms with Gasteiger partial charge in [0.05, 0.1) is 0 Å². The number of halogens is 1. The number of nitrogens with zero attached hydrogens (tertiary/aromatic N) is 1.